The summed E-state index contributed by atoms with van der Waals surface area (Å²) in [5.74, 6) is 1.60. The molecule has 4 nitrogen and oxygen atoms in total. The number of nitrogens with zero attached hydrogens (tertiary/aromatic N) is 1. The topological polar surface area (TPSA) is 63.9 Å². The van der Waals surface area contributed by atoms with Crippen LogP contribution in [-0.4, -0.2) is 17.1 Å². The standard InChI is InChI=1S/C15H14BrN3O/c1-20-10-3-4-12(16)11(7-10)15-18-13-5-2-9(8-17)6-14(13)19-15/h2-7H,8,17H2,1H3,(H,18,19). The molecule has 0 aliphatic heterocycles. The summed E-state index contributed by atoms with van der Waals surface area (Å²) in [6, 6.07) is 11.8. The van der Waals surface area contributed by atoms with Crippen LogP contribution < -0.4 is 10.5 Å². The maximum absolute atomic E-state index is 5.66. The van der Waals surface area contributed by atoms with E-state index >= 15 is 0 Å². The number of imidazole rings is 1. The highest BCUT2D eigenvalue weighted by atomic mass is 79.9. The molecule has 0 radical (unpaired) electrons. The minimum absolute atomic E-state index is 0.521. The molecule has 0 saturated heterocycles. The fraction of sp³-hybridized carbons (Fsp3) is 0.133. The quantitative estimate of drug-likeness (QED) is 0.772. The third kappa shape index (κ3) is 2.30. The first kappa shape index (κ1) is 13.1. The Morgan fingerprint density at radius 2 is 2.10 bits per heavy atom. The average Bonchev–Trinajstić information content (AvgIpc) is 2.90. The lowest BCUT2D eigenvalue weighted by Gasteiger charge is -2.04. The van der Waals surface area contributed by atoms with Gasteiger partial charge in [0.15, 0.2) is 0 Å². The number of ether oxygens (including phenoxy) is 1. The molecule has 0 amide bonds. The van der Waals surface area contributed by atoms with Crippen molar-refractivity contribution < 1.29 is 4.74 Å². The van der Waals surface area contributed by atoms with Gasteiger partial charge in [-0.2, -0.15) is 0 Å². The van der Waals surface area contributed by atoms with Crippen LogP contribution in [0.4, 0.5) is 0 Å². The number of nitrogens with one attached hydrogen (secondary N) is 1. The van der Waals surface area contributed by atoms with E-state index in [1.165, 1.54) is 0 Å². The van der Waals surface area contributed by atoms with Crippen molar-refractivity contribution in [1.29, 1.82) is 0 Å². The Bertz CT molecular complexity index is 767. The molecule has 1 aromatic heterocycles. The van der Waals surface area contributed by atoms with Crippen molar-refractivity contribution in [2.75, 3.05) is 7.11 Å². The molecule has 0 aliphatic carbocycles. The van der Waals surface area contributed by atoms with Gasteiger partial charge in [-0.25, -0.2) is 4.98 Å². The SMILES string of the molecule is COc1ccc(Br)c(-c2nc3ccc(CN)cc3[nH]2)c1. The highest BCUT2D eigenvalue weighted by Crippen LogP contribution is 2.31. The number of halogens is 1. The second-order valence-electron chi connectivity index (χ2n) is 4.49. The van der Waals surface area contributed by atoms with E-state index in [9.17, 15) is 0 Å². The fourth-order valence-corrected chi connectivity index (χ4v) is 2.56. The average molecular weight is 332 g/mol. The van der Waals surface area contributed by atoms with Gasteiger partial charge < -0.3 is 15.5 Å². The fourth-order valence-electron chi connectivity index (χ4n) is 2.12. The zero-order valence-corrected chi connectivity index (χ0v) is 12.6. The minimum atomic E-state index is 0.521. The van der Waals surface area contributed by atoms with Gasteiger partial charge in [0.25, 0.3) is 0 Å². The molecule has 0 spiro atoms. The van der Waals surface area contributed by atoms with Crippen LogP contribution in [-0.2, 0) is 6.54 Å². The van der Waals surface area contributed by atoms with E-state index in [1.807, 2.05) is 36.4 Å². The monoisotopic (exact) mass is 331 g/mol. The highest BCUT2D eigenvalue weighted by Gasteiger charge is 2.10. The van der Waals surface area contributed by atoms with Crippen LogP contribution in [0, 0.1) is 0 Å². The normalized spacial score (nSPS) is 10.9. The van der Waals surface area contributed by atoms with Crippen LogP contribution in [0.3, 0.4) is 0 Å². The number of fused-ring (bicyclic) bond motifs is 1. The number of aromatic nitrogens is 2. The highest BCUT2D eigenvalue weighted by molar-refractivity contribution is 9.10. The predicted octanol–water partition coefficient (Wildman–Crippen LogP) is 3.46. The Kier molecular flexibility index (Phi) is 3.46. The Labute approximate surface area is 125 Å². The lowest BCUT2D eigenvalue weighted by Crippen LogP contribution is -1.95. The molecule has 3 N–H and O–H groups in total. The number of hydrogen-bond donors (Lipinski definition) is 2. The summed E-state index contributed by atoms with van der Waals surface area (Å²) >= 11 is 3.55. The van der Waals surface area contributed by atoms with E-state index < -0.39 is 0 Å². The molecule has 0 bridgehead atoms. The first-order valence-corrected chi connectivity index (χ1v) is 7.03. The lowest BCUT2D eigenvalue weighted by molar-refractivity contribution is 0.415. The molecule has 20 heavy (non-hydrogen) atoms. The van der Waals surface area contributed by atoms with Gasteiger partial charge in [0.1, 0.15) is 11.6 Å². The van der Waals surface area contributed by atoms with Gasteiger partial charge in [0.2, 0.25) is 0 Å². The molecule has 0 atom stereocenters. The van der Waals surface area contributed by atoms with Crippen LogP contribution in [0.25, 0.3) is 22.4 Å². The zero-order chi connectivity index (χ0) is 14.1. The number of hydrogen-bond acceptors (Lipinski definition) is 3. The van der Waals surface area contributed by atoms with E-state index in [1.54, 1.807) is 7.11 Å². The summed E-state index contributed by atoms with van der Waals surface area (Å²) in [5, 5.41) is 0. The third-order valence-electron chi connectivity index (χ3n) is 3.21. The van der Waals surface area contributed by atoms with Crippen molar-refractivity contribution in [3.63, 3.8) is 0 Å². The summed E-state index contributed by atoms with van der Waals surface area (Å²) in [6.45, 7) is 0.521. The van der Waals surface area contributed by atoms with Gasteiger partial charge in [-0.05, 0) is 35.9 Å². The van der Waals surface area contributed by atoms with Crippen LogP contribution >= 0.6 is 15.9 Å². The molecule has 0 saturated carbocycles. The van der Waals surface area contributed by atoms with Crippen molar-refractivity contribution in [2.24, 2.45) is 5.73 Å². The van der Waals surface area contributed by atoms with Crippen LogP contribution in [0.1, 0.15) is 5.56 Å². The van der Waals surface area contributed by atoms with E-state index in [-0.39, 0.29) is 0 Å². The second kappa shape index (κ2) is 5.26. The van der Waals surface area contributed by atoms with E-state index in [4.69, 9.17) is 10.5 Å². The summed E-state index contributed by atoms with van der Waals surface area (Å²) in [4.78, 5) is 7.94. The van der Waals surface area contributed by atoms with Crippen LogP contribution in [0.2, 0.25) is 0 Å². The first-order valence-electron chi connectivity index (χ1n) is 6.24. The lowest BCUT2D eigenvalue weighted by atomic mass is 10.2. The molecule has 2 aromatic carbocycles. The Balaban J connectivity index is 2.14. The molecule has 3 aromatic rings. The van der Waals surface area contributed by atoms with Gasteiger partial charge in [-0.3, -0.25) is 0 Å². The molecule has 5 heteroatoms. The second-order valence-corrected chi connectivity index (χ2v) is 5.34. The van der Waals surface area contributed by atoms with Gasteiger partial charge in [-0.15, -0.1) is 0 Å². The summed E-state index contributed by atoms with van der Waals surface area (Å²) in [7, 11) is 1.65. The van der Waals surface area contributed by atoms with Gasteiger partial charge in [0.05, 0.1) is 18.1 Å². The first-order chi connectivity index (χ1) is 9.71. The third-order valence-corrected chi connectivity index (χ3v) is 3.90. The van der Waals surface area contributed by atoms with Crippen molar-refractivity contribution >= 4 is 27.0 Å². The van der Waals surface area contributed by atoms with E-state index in [0.717, 1.165) is 38.2 Å². The number of benzene rings is 2. The number of aromatic amines is 1. The van der Waals surface area contributed by atoms with Gasteiger partial charge in [0, 0.05) is 16.6 Å². The van der Waals surface area contributed by atoms with Crippen LogP contribution in [0.5, 0.6) is 5.75 Å². The molecular formula is C15H14BrN3O. The maximum atomic E-state index is 5.66. The Morgan fingerprint density at radius 1 is 1.25 bits per heavy atom. The molecule has 0 aliphatic rings. The number of methoxy groups -OCH3 is 1. The molecule has 0 unspecified atom stereocenters. The van der Waals surface area contributed by atoms with Gasteiger partial charge >= 0.3 is 0 Å². The number of rotatable bonds is 3. The summed E-state index contributed by atoms with van der Waals surface area (Å²) in [6.07, 6.45) is 0. The zero-order valence-electron chi connectivity index (χ0n) is 11.0. The van der Waals surface area contributed by atoms with Crippen molar-refractivity contribution in [3.05, 3.63) is 46.4 Å². The molecular weight excluding hydrogens is 318 g/mol. The summed E-state index contributed by atoms with van der Waals surface area (Å²) < 4.78 is 6.23. The smallest absolute Gasteiger partial charge is 0.139 e. The van der Waals surface area contributed by atoms with Gasteiger partial charge in [-0.1, -0.05) is 22.0 Å². The van der Waals surface area contributed by atoms with E-state index in [2.05, 4.69) is 25.9 Å². The predicted molar refractivity (Wildman–Crippen MR) is 83.7 cm³/mol. The number of nitrogens with two attached hydrogens (primary N) is 1. The molecule has 1 heterocycles. The minimum Gasteiger partial charge on any atom is -0.497 e. The van der Waals surface area contributed by atoms with Crippen LogP contribution in [0.15, 0.2) is 40.9 Å². The molecule has 3 rings (SSSR count). The van der Waals surface area contributed by atoms with Crippen molar-refractivity contribution in [3.8, 4) is 17.1 Å². The summed E-state index contributed by atoms with van der Waals surface area (Å²) in [5.41, 5.74) is 9.62. The van der Waals surface area contributed by atoms with Crippen molar-refractivity contribution in [1.82, 2.24) is 9.97 Å². The Morgan fingerprint density at radius 3 is 2.85 bits per heavy atom. The van der Waals surface area contributed by atoms with Crippen molar-refractivity contribution in [2.45, 2.75) is 6.54 Å². The van der Waals surface area contributed by atoms with E-state index in [0.29, 0.717) is 6.54 Å². The number of H-pyrrole nitrogens is 1. The Hall–Kier alpha value is -1.85. The largest absolute Gasteiger partial charge is 0.497 e. The maximum Gasteiger partial charge on any atom is 0.139 e. The molecule has 0 fully saturated rings. The molecule has 102 valence electrons.